The van der Waals surface area contributed by atoms with E-state index in [2.05, 4.69) is 14.4 Å². The van der Waals surface area contributed by atoms with Crippen molar-refractivity contribution in [3.8, 4) is 0 Å². The van der Waals surface area contributed by atoms with E-state index >= 15 is 0 Å². The number of rotatable bonds is 1. The average molecular weight is 198 g/mol. The molecule has 0 bridgehead atoms. The molecule has 0 saturated heterocycles. The van der Waals surface area contributed by atoms with Gasteiger partial charge in [-0.05, 0) is 0 Å². The van der Waals surface area contributed by atoms with Crippen molar-refractivity contribution in [1.29, 1.82) is 0 Å². The monoisotopic (exact) mass is 198 g/mol. The largest absolute Gasteiger partial charge is 0.475 e. The number of carboxylic acid groups (broad SMARTS) is 1. The number of aromatic nitrogens is 2. The van der Waals surface area contributed by atoms with Gasteiger partial charge in [0.25, 0.3) is 0 Å². The molecule has 2 heterocycles. The molecular formula is C7H6N2O3S. The smallest absolute Gasteiger partial charge is 0.373 e. The molecule has 0 aliphatic carbocycles. The Labute approximate surface area is 77.7 Å². The minimum absolute atomic E-state index is 0.134. The molecule has 0 radical (unpaired) electrons. The van der Waals surface area contributed by atoms with Crippen LogP contribution in [0.5, 0.6) is 0 Å². The van der Waals surface area contributed by atoms with Gasteiger partial charge in [-0.25, -0.2) is 9.78 Å². The van der Waals surface area contributed by atoms with Gasteiger partial charge >= 0.3 is 5.97 Å². The van der Waals surface area contributed by atoms with Crippen LogP contribution in [0.2, 0.25) is 0 Å². The molecule has 0 aliphatic heterocycles. The normalized spacial score (nSPS) is 8.62. The van der Waals surface area contributed by atoms with Crippen LogP contribution >= 0.6 is 11.3 Å². The van der Waals surface area contributed by atoms with E-state index in [1.54, 1.807) is 23.0 Å². The van der Waals surface area contributed by atoms with Gasteiger partial charge in [0.05, 0.1) is 11.7 Å². The number of nitrogens with zero attached hydrogens (tertiary/aromatic N) is 2. The number of oxazole rings is 1. The quantitative estimate of drug-likeness (QED) is 0.751. The van der Waals surface area contributed by atoms with Gasteiger partial charge in [-0.1, -0.05) is 0 Å². The summed E-state index contributed by atoms with van der Waals surface area (Å²) in [6.07, 6.45) is 3.98. The topological polar surface area (TPSA) is 76.2 Å². The van der Waals surface area contributed by atoms with Crippen molar-refractivity contribution in [2.45, 2.75) is 0 Å². The lowest BCUT2D eigenvalue weighted by Crippen LogP contribution is -1.91. The van der Waals surface area contributed by atoms with Crippen LogP contribution in [-0.4, -0.2) is 21.0 Å². The van der Waals surface area contributed by atoms with E-state index in [0.29, 0.717) is 0 Å². The third-order valence-electron chi connectivity index (χ3n) is 0.990. The van der Waals surface area contributed by atoms with Crippen LogP contribution in [0.4, 0.5) is 0 Å². The van der Waals surface area contributed by atoms with Gasteiger partial charge < -0.3 is 9.52 Å². The van der Waals surface area contributed by atoms with Crippen LogP contribution in [0.15, 0.2) is 34.1 Å². The predicted molar refractivity (Wildman–Crippen MR) is 45.6 cm³/mol. The molecule has 5 nitrogen and oxygen atoms in total. The second kappa shape index (κ2) is 5.04. The molecule has 0 spiro atoms. The number of hydrogen-bond acceptors (Lipinski definition) is 5. The summed E-state index contributed by atoms with van der Waals surface area (Å²) in [7, 11) is 0. The summed E-state index contributed by atoms with van der Waals surface area (Å²) in [5.41, 5.74) is 1.79. The third-order valence-corrected chi connectivity index (χ3v) is 1.51. The van der Waals surface area contributed by atoms with Crippen molar-refractivity contribution < 1.29 is 14.3 Å². The highest BCUT2D eigenvalue weighted by molar-refractivity contribution is 7.07. The van der Waals surface area contributed by atoms with Gasteiger partial charge in [-0.15, -0.1) is 11.3 Å². The summed E-state index contributed by atoms with van der Waals surface area (Å²) in [6.45, 7) is 0. The SMILES string of the molecule is O=C(O)c1cnco1.c1cscn1. The van der Waals surface area contributed by atoms with Crippen molar-refractivity contribution >= 4 is 17.3 Å². The van der Waals surface area contributed by atoms with Gasteiger partial charge in [0.1, 0.15) is 0 Å². The number of thiazole rings is 1. The highest BCUT2D eigenvalue weighted by Crippen LogP contribution is 1.93. The summed E-state index contributed by atoms with van der Waals surface area (Å²) >= 11 is 1.60. The van der Waals surface area contributed by atoms with Crippen LogP contribution in [-0.2, 0) is 0 Å². The number of carboxylic acids is 1. The Hall–Kier alpha value is -1.69. The van der Waals surface area contributed by atoms with Crippen molar-refractivity contribution in [2.24, 2.45) is 0 Å². The molecule has 0 fully saturated rings. The van der Waals surface area contributed by atoms with E-state index in [9.17, 15) is 4.79 Å². The summed E-state index contributed by atoms with van der Waals surface area (Å²) in [4.78, 5) is 17.1. The zero-order valence-electron chi connectivity index (χ0n) is 6.45. The maximum atomic E-state index is 9.93. The molecule has 2 aromatic rings. The number of carbonyl (C=O) groups is 1. The second-order valence-corrected chi connectivity index (χ2v) is 2.60. The lowest BCUT2D eigenvalue weighted by molar-refractivity contribution is 0.0662. The molecule has 0 aliphatic rings. The van der Waals surface area contributed by atoms with Crippen molar-refractivity contribution in [3.05, 3.63) is 35.4 Å². The highest BCUT2D eigenvalue weighted by atomic mass is 32.1. The average Bonchev–Trinajstić information content (AvgIpc) is 2.82. The van der Waals surface area contributed by atoms with Gasteiger partial charge in [-0.3, -0.25) is 4.98 Å². The lowest BCUT2D eigenvalue weighted by atomic mass is 10.5. The first-order valence-corrected chi connectivity index (χ1v) is 4.19. The third kappa shape index (κ3) is 3.48. The summed E-state index contributed by atoms with van der Waals surface area (Å²) < 4.78 is 4.38. The Bertz CT molecular complexity index is 313. The Kier molecular flexibility index (Phi) is 3.65. The van der Waals surface area contributed by atoms with Gasteiger partial charge in [0.2, 0.25) is 5.76 Å². The number of aromatic carboxylic acids is 1. The fourth-order valence-corrected chi connectivity index (χ4v) is 0.848. The zero-order valence-corrected chi connectivity index (χ0v) is 7.27. The molecule has 0 atom stereocenters. The number of hydrogen-bond donors (Lipinski definition) is 1. The highest BCUT2D eigenvalue weighted by Gasteiger charge is 2.03. The van der Waals surface area contributed by atoms with Crippen molar-refractivity contribution in [2.75, 3.05) is 0 Å². The van der Waals surface area contributed by atoms with E-state index in [1.807, 2.05) is 5.38 Å². The van der Waals surface area contributed by atoms with Crippen molar-refractivity contribution in [3.63, 3.8) is 0 Å². The van der Waals surface area contributed by atoms with Gasteiger partial charge in [-0.2, -0.15) is 0 Å². The van der Waals surface area contributed by atoms with E-state index in [1.165, 1.54) is 0 Å². The molecule has 6 heteroatoms. The van der Waals surface area contributed by atoms with E-state index in [4.69, 9.17) is 5.11 Å². The first-order chi connectivity index (χ1) is 6.30. The minimum Gasteiger partial charge on any atom is -0.475 e. The molecule has 0 aromatic carbocycles. The summed E-state index contributed by atoms with van der Waals surface area (Å²) in [5, 5.41) is 10.1. The molecule has 2 rings (SSSR count). The second-order valence-electron chi connectivity index (χ2n) is 1.85. The van der Waals surface area contributed by atoms with Crippen LogP contribution in [0.3, 0.4) is 0 Å². The van der Waals surface area contributed by atoms with Crippen LogP contribution in [0.1, 0.15) is 10.6 Å². The predicted octanol–water partition coefficient (Wildman–Crippen LogP) is 1.52. The molecular weight excluding hydrogens is 192 g/mol. The molecule has 0 saturated carbocycles. The minimum atomic E-state index is -1.09. The fraction of sp³-hybridized carbons (Fsp3) is 0. The molecule has 0 unspecified atom stereocenters. The zero-order chi connectivity index (χ0) is 9.52. The van der Waals surface area contributed by atoms with Crippen LogP contribution in [0, 0.1) is 0 Å². The maximum Gasteiger partial charge on any atom is 0.373 e. The summed E-state index contributed by atoms with van der Waals surface area (Å²) in [5.74, 6) is -1.23. The van der Waals surface area contributed by atoms with E-state index in [-0.39, 0.29) is 5.76 Å². The van der Waals surface area contributed by atoms with Crippen LogP contribution in [0.25, 0.3) is 0 Å². The molecule has 13 heavy (non-hydrogen) atoms. The molecule has 68 valence electrons. The maximum absolute atomic E-state index is 9.93. The Morgan fingerprint density at radius 1 is 1.54 bits per heavy atom. The first kappa shape index (κ1) is 9.40. The van der Waals surface area contributed by atoms with Crippen molar-refractivity contribution in [1.82, 2.24) is 9.97 Å². The fourth-order valence-electron chi connectivity index (χ4n) is 0.497. The Morgan fingerprint density at radius 3 is 2.62 bits per heavy atom. The summed E-state index contributed by atoms with van der Waals surface area (Å²) in [6, 6.07) is 0. The standard InChI is InChI=1S/C4H3NO3.C3H3NS/c6-4(7)3-1-5-2-8-3;1-2-5-3-4-1/h1-2H,(H,6,7);1-3H. The lowest BCUT2D eigenvalue weighted by Gasteiger charge is -1.77. The van der Waals surface area contributed by atoms with Crippen LogP contribution < -0.4 is 0 Å². The van der Waals surface area contributed by atoms with Gasteiger partial charge in [0, 0.05) is 11.6 Å². The molecule has 0 amide bonds. The van der Waals surface area contributed by atoms with E-state index in [0.717, 1.165) is 12.6 Å². The molecule has 1 N–H and O–H groups in total. The van der Waals surface area contributed by atoms with E-state index < -0.39 is 5.97 Å². The Morgan fingerprint density at radius 2 is 2.38 bits per heavy atom. The van der Waals surface area contributed by atoms with Gasteiger partial charge in [0.15, 0.2) is 6.39 Å². The molecule has 2 aromatic heterocycles. The Balaban J connectivity index is 0.000000145. The first-order valence-electron chi connectivity index (χ1n) is 3.24.